The van der Waals surface area contributed by atoms with E-state index >= 15 is 0 Å². The van der Waals surface area contributed by atoms with Gasteiger partial charge in [-0.05, 0) is 30.3 Å². The van der Waals surface area contributed by atoms with Gasteiger partial charge in [0.15, 0.2) is 0 Å². The van der Waals surface area contributed by atoms with E-state index < -0.39 is 17.8 Å². The van der Waals surface area contributed by atoms with E-state index in [0.717, 1.165) is 54.3 Å². The van der Waals surface area contributed by atoms with Gasteiger partial charge in [0.25, 0.3) is 0 Å². The summed E-state index contributed by atoms with van der Waals surface area (Å²) in [6.07, 6.45) is -5.15. The van der Waals surface area contributed by atoms with Crippen molar-refractivity contribution >= 4 is 23.1 Å². The summed E-state index contributed by atoms with van der Waals surface area (Å²) in [5.41, 5.74) is 0.614. The third-order valence-corrected chi connectivity index (χ3v) is 7.77. The first-order valence-corrected chi connectivity index (χ1v) is 13.7. The first-order chi connectivity index (χ1) is 18.3. The van der Waals surface area contributed by atoms with Crippen LogP contribution in [0.2, 0.25) is 0 Å². The number of benzene rings is 2. The molecule has 0 saturated carbocycles. The highest BCUT2D eigenvalue weighted by Gasteiger charge is 2.34. The molecule has 0 bridgehead atoms. The number of para-hydroxylation sites is 1. The molecule has 38 heavy (non-hydrogen) atoms. The summed E-state index contributed by atoms with van der Waals surface area (Å²) < 4.78 is 56.3. The summed E-state index contributed by atoms with van der Waals surface area (Å²) >= 11 is 1.45. The molecule has 1 unspecified atom stereocenters. The first-order valence-electron chi connectivity index (χ1n) is 12.9. The maximum Gasteiger partial charge on any atom is 0.416 e. The topological polar surface area (TPSA) is 57.6 Å². The lowest BCUT2D eigenvalue weighted by molar-refractivity contribution is -0.137. The predicted octanol–water partition coefficient (Wildman–Crippen LogP) is 3.97. The van der Waals surface area contributed by atoms with Crippen molar-refractivity contribution in [3.63, 3.8) is 0 Å². The van der Waals surface area contributed by atoms with Crippen LogP contribution >= 0.6 is 11.8 Å². The number of methoxy groups -OCH3 is 1. The molecule has 2 aromatic rings. The fraction of sp³-hybridized carbons (Fsp3) is 0.556. The van der Waals surface area contributed by atoms with E-state index in [-0.39, 0.29) is 6.54 Å². The van der Waals surface area contributed by atoms with Gasteiger partial charge < -0.3 is 24.2 Å². The minimum absolute atomic E-state index is 0.215. The van der Waals surface area contributed by atoms with Crippen LogP contribution in [0.1, 0.15) is 5.56 Å². The second kappa shape index (κ2) is 14.0. The van der Waals surface area contributed by atoms with Crippen LogP contribution in [0.25, 0.3) is 0 Å². The van der Waals surface area contributed by atoms with E-state index in [9.17, 15) is 18.3 Å². The number of rotatable bonds is 13. The molecule has 1 fully saturated rings. The van der Waals surface area contributed by atoms with Crippen LogP contribution < -0.4 is 4.90 Å². The summed E-state index contributed by atoms with van der Waals surface area (Å²) in [5.74, 6) is 0. The number of aliphatic hydroxyl groups is 1. The number of ether oxygens (including phenoxy) is 3. The van der Waals surface area contributed by atoms with Gasteiger partial charge in [-0.2, -0.15) is 13.2 Å². The maximum absolute atomic E-state index is 13.5. The quantitative estimate of drug-likeness (QED) is 0.373. The van der Waals surface area contributed by atoms with E-state index in [2.05, 4.69) is 9.80 Å². The molecular weight excluding hydrogens is 519 g/mol. The molecule has 0 aromatic heterocycles. The number of anilines is 2. The van der Waals surface area contributed by atoms with Crippen molar-refractivity contribution in [1.29, 1.82) is 0 Å². The van der Waals surface area contributed by atoms with Crippen LogP contribution in [-0.4, -0.2) is 107 Å². The van der Waals surface area contributed by atoms with Gasteiger partial charge in [0.05, 0.1) is 62.6 Å². The number of aliphatic hydroxyl groups excluding tert-OH is 1. The normalized spacial score (nSPS) is 17.3. The molecule has 210 valence electrons. The molecular formula is C27H36F3N3O4S. The highest BCUT2D eigenvalue weighted by atomic mass is 32.2. The van der Waals surface area contributed by atoms with E-state index in [4.69, 9.17) is 14.2 Å². The summed E-state index contributed by atoms with van der Waals surface area (Å²) in [5, 5.41) is 11.0. The Labute approximate surface area is 226 Å². The molecule has 4 rings (SSSR count). The lowest BCUT2D eigenvalue weighted by atomic mass is 10.1. The second-order valence-corrected chi connectivity index (χ2v) is 10.5. The molecule has 1 atom stereocenters. The number of fused-ring (bicyclic) bond motifs is 2. The molecule has 0 aliphatic carbocycles. The molecule has 11 heteroatoms. The molecule has 2 aromatic carbocycles. The highest BCUT2D eigenvalue weighted by Crippen LogP contribution is 2.49. The lowest BCUT2D eigenvalue weighted by Crippen LogP contribution is -2.50. The summed E-state index contributed by atoms with van der Waals surface area (Å²) in [7, 11) is 1.64. The number of nitrogens with zero attached hydrogens (tertiary/aromatic N) is 3. The Morgan fingerprint density at radius 1 is 0.842 bits per heavy atom. The SMILES string of the molecule is COCCOCCOCCN1CCN(CC(O)CN2c3ccccc3Sc3ccc(C(F)(F)F)cc32)CC1. The average Bonchev–Trinajstić information content (AvgIpc) is 2.90. The van der Waals surface area contributed by atoms with E-state index in [1.165, 1.54) is 23.9 Å². The van der Waals surface area contributed by atoms with Crippen LogP contribution in [-0.2, 0) is 20.4 Å². The van der Waals surface area contributed by atoms with Crippen molar-refractivity contribution in [2.45, 2.75) is 22.1 Å². The van der Waals surface area contributed by atoms with Gasteiger partial charge in [-0.1, -0.05) is 23.9 Å². The van der Waals surface area contributed by atoms with Crippen molar-refractivity contribution in [2.24, 2.45) is 0 Å². The van der Waals surface area contributed by atoms with Crippen LogP contribution in [0.3, 0.4) is 0 Å². The molecule has 2 aliphatic rings. The molecule has 0 radical (unpaired) electrons. The molecule has 1 N–H and O–H groups in total. The van der Waals surface area contributed by atoms with Crippen LogP contribution in [0.5, 0.6) is 0 Å². The van der Waals surface area contributed by atoms with Crippen molar-refractivity contribution in [2.75, 3.05) is 90.9 Å². The molecule has 1 saturated heterocycles. The van der Waals surface area contributed by atoms with Crippen LogP contribution in [0, 0.1) is 0 Å². The van der Waals surface area contributed by atoms with Crippen molar-refractivity contribution in [1.82, 2.24) is 9.80 Å². The van der Waals surface area contributed by atoms with Gasteiger partial charge in [-0.15, -0.1) is 0 Å². The largest absolute Gasteiger partial charge is 0.416 e. The monoisotopic (exact) mass is 555 g/mol. The first kappa shape index (κ1) is 29.1. The van der Waals surface area contributed by atoms with Crippen molar-refractivity contribution < 1.29 is 32.5 Å². The third kappa shape index (κ3) is 8.08. The van der Waals surface area contributed by atoms with E-state index in [1.807, 2.05) is 29.2 Å². The van der Waals surface area contributed by atoms with Gasteiger partial charge >= 0.3 is 6.18 Å². The molecule has 2 heterocycles. The predicted molar refractivity (Wildman–Crippen MR) is 141 cm³/mol. The molecule has 7 nitrogen and oxygen atoms in total. The summed E-state index contributed by atoms with van der Waals surface area (Å²) in [4.78, 5) is 8.09. The Kier molecular flexibility index (Phi) is 10.7. The zero-order chi connectivity index (χ0) is 27.0. The zero-order valence-corrected chi connectivity index (χ0v) is 22.5. The number of halogens is 3. The zero-order valence-electron chi connectivity index (χ0n) is 21.7. The fourth-order valence-corrected chi connectivity index (χ4v) is 5.70. The smallest absolute Gasteiger partial charge is 0.390 e. The minimum atomic E-state index is -4.43. The average molecular weight is 556 g/mol. The molecule has 0 spiro atoms. The molecule has 2 aliphatic heterocycles. The number of hydrogen-bond donors (Lipinski definition) is 1. The fourth-order valence-electron chi connectivity index (χ4n) is 4.62. The maximum atomic E-state index is 13.5. The number of β-amino-alcohol motifs (C(OH)–C–C–N with tert-alkyl or cyclic N) is 1. The summed E-state index contributed by atoms with van der Waals surface area (Å²) in [6.45, 7) is 7.80. The molecule has 0 amide bonds. The number of alkyl halides is 3. The Morgan fingerprint density at radius 3 is 2.24 bits per heavy atom. The lowest BCUT2D eigenvalue weighted by Gasteiger charge is -2.38. The van der Waals surface area contributed by atoms with Crippen LogP contribution in [0.4, 0.5) is 24.5 Å². The Hall–Kier alpha value is -1.86. The van der Waals surface area contributed by atoms with Gasteiger partial charge in [0.1, 0.15) is 0 Å². The van der Waals surface area contributed by atoms with Crippen molar-refractivity contribution in [3.05, 3.63) is 48.0 Å². The van der Waals surface area contributed by atoms with Gasteiger partial charge in [-0.25, -0.2) is 0 Å². The van der Waals surface area contributed by atoms with Crippen molar-refractivity contribution in [3.8, 4) is 0 Å². The van der Waals surface area contributed by atoms with E-state index in [1.54, 1.807) is 7.11 Å². The van der Waals surface area contributed by atoms with E-state index in [0.29, 0.717) is 45.3 Å². The summed E-state index contributed by atoms with van der Waals surface area (Å²) in [6, 6.07) is 11.5. The third-order valence-electron chi connectivity index (χ3n) is 6.64. The number of hydrogen-bond acceptors (Lipinski definition) is 8. The van der Waals surface area contributed by atoms with Gasteiger partial charge in [0, 0.05) is 56.2 Å². The number of piperazine rings is 1. The second-order valence-electron chi connectivity index (χ2n) is 9.37. The highest BCUT2D eigenvalue weighted by molar-refractivity contribution is 7.99. The van der Waals surface area contributed by atoms with Gasteiger partial charge in [0.2, 0.25) is 0 Å². The van der Waals surface area contributed by atoms with Gasteiger partial charge in [-0.3, -0.25) is 9.80 Å². The Bertz CT molecular complexity index is 1020. The Balaban J connectivity index is 1.27. The van der Waals surface area contributed by atoms with Crippen LogP contribution in [0.15, 0.2) is 52.3 Å². The minimum Gasteiger partial charge on any atom is -0.390 e. The standard InChI is InChI=1S/C27H36F3N3O4S/c1-35-14-15-37-17-16-36-13-12-31-8-10-32(11-9-31)19-22(34)20-33-23-4-2-3-5-25(23)38-26-7-6-21(18-24(26)33)27(28,29)30/h2-7,18,22,34H,8-17,19-20H2,1H3. The Morgan fingerprint density at radius 2 is 1.50 bits per heavy atom.